The Hall–Kier alpha value is -2.11. The van der Waals surface area contributed by atoms with Crippen LogP contribution >= 0.6 is 0 Å². The number of imidazole rings is 1. The van der Waals surface area contributed by atoms with Crippen LogP contribution in [0.3, 0.4) is 0 Å². The molecule has 0 unspecified atom stereocenters. The van der Waals surface area contributed by atoms with Crippen molar-refractivity contribution in [2.24, 2.45) is 0 Å². The number of amides is 1. The number of likely N-dealkylation sites (tertiary alicyclic amines) is 1. The second-order valence-corrected chi connectivity index (χ2v) is 5.01. The van der Waals surface area contributed by atoms with E-state index in [4.69, 9.17) is 4.52 Å². The quantitative estimate of drug-likeness (QED) is 0.890. The first-order valence-corrected chi connectivity index (χ1v) is 6.37. The molecule has 1 saturated heterocycles. The first-order valence-electron chi connectivity index (χ1n) is 6.37. The largest absolute Gasteiger partial charge is 0.361 e. The molecule has 0 bridgehead atoms. The minimum absolute atomic E-state index is 0.0670. The predicted molar refractivity (Wildman–Crippen MR) is 67.8 cm³/mol. The zero-order valence-electron chi connectivity index (χ0n) is 11.0. The van der Waals surface area contributed by atoms with Gasteiger partial charge in [0.1, 0.15) is 11.6 Å². The van der Waals surface area contributed by atoms with Crippen molar-refractivity contribution in [3.05, 3.63) is 35.2 Å². The number of H-pyrrole nitrogens is 1. The van der Waals surface area contributed by atoms with E-state index < -0.39 is 0 Å². The molecule has 0 radical (unpaired) electrons. The number of nitrogens with zero attached hydrogens (tertiary/aromatic N) is 3. The molecule has 0 aliphatic carbocycles. The predicted octanol–water partition coefficient (Wildman–Crippen LogP) is 1.64. The summed E-state index contributed by atoms with van der Waals surface area (Å²) in [7, 11) is 0. The van der Waals surface area contributed by atoms with E-state index in [0.717, 1.165) is 24.5 Å². The minimum atomic E-state index is -0.0670. The van der Waals surface area contributed by atoms with Gasteiger partial charge in [-0.1, -0.05) is 5.16 Å². The summed E-state index contributed by atoms with van der Waals surface area (Å²) in [4.78, 5) is 21.6. The lowest BCUT2D eigenvalue weighted by Gasteiger charge is -2.13. The van der Waals surface area contributed by atoms with E-state index in [9.17, 15) is 4.79 Å². The van der Waals surface area contributed by atoms with Gasteiger partial charge in [0, 0.05) is 37.0 Å². The maximum atomic E-state index is 12.2. The van der Waals surface area contributed by atoms with Crippen LogP contribution in [0.2, 0.25) is 0 Å². The Bertz CT molecular complexity index is 601. The van der Waals surface area contributed by atoms with Gasteiger partial charge in [-0.05, 0) is 20.3 Å². The maximum Gasteiger partial charge on any atom is 0.276 e. The number of hydrogen-bond acceptors (Lipinski definition) is 4. The van der Waals surface area contributed by atoms with Crippen molar-refractivity contribution in [1.29, 1.82) is 0 Å². The van der Waals surface area contributed by atoms with Crippen molar-refractivity contribution in [1.82, 2.24) is 20.0 Å². The lowest BCUT2D eigenvalue weighted by molar-refractivity contribution is 0.0780. The molecule has 0 saturated carbocycles. The molecule has 1 amide bonds. The third-order valence-electron chi connectivity index (χ3n) is 3.43. The van der Waals surface area contributed by atoms with E-state index in [1.165, 1.54) is 0 Å². The molecule has 1 aliphatic heterocycles. The molecule has 0 aromatic carbocycles. The Balaban J connectivity index is 1.70. The molecule has 0 spiro atoms. The Morgan fingerprint density at radius 3 is 3.00 bits per heavy atom. The fraction of sp³-hybridized carbons (Fsp3) is 0.462. The topological polar surface area (TPSA) is 75.0 Å². The average Bonchev–Trinajstić information content (AvgIpc) is 3.07. The summed E-state index contributed by atoms with van der Waals surface area (Å²) in [6.45, 7) is 5.17. The molecule has 3 rings (SSSR count). The highest BCUT2D eigenvalue weighted by atomic mass is 16.5. The Labute approximate surface area is 110 Å². The highest BCUT2D eigenvalue weighted by molar-refractivity contribution is 5.92. The van der Waals surface area contributed by atoms with Crippen molar-refractivity contribution in [2.45, 2.75) is 26.2 Å². The van der Waals surface area contributed by atoms with Crippen molar-refractivity contribution < 1.29 is 9.32 Å². The molecular weight excluding hydrogens is 244 g/mol. The Morgan fingerprint density at radius 1 is 1.53 bits per heavy atom. The summed E-state index contributed by atoms with van der Waals surface area (Å²) in [5, 5.41) is 3.77. The molecule has 1 fully saturated rings. The fourth-order valence-corrected chi connectivity index (χ4v) is 2.44. The van der Waals surface area contributed by atoms with Gasteiger partial charge in [-0.25, -0.2) is 4.98 Å². The number of aromatic amines is 1. The standard InChI is InChI=1S/C13H16N4O2/c1-8-6-14-12(15-8)10-3-4-17(7-10)13(18)11-5-9(2)19-16-11/h5-6,10H,3-4,7H2,1-2H3,(H,14,15)/t10-/m1/s1. The number of rotatable bonds is 2. The lowest BCUT2D eigenvalue weighted by atomic mass is 10.1. The SMILES string of the molecule is Cc1cnc([C@@H]2CCN(C(=O)c3cc(C)on3)C2)[nH]1. The maximum absolute atomic E-state index is 12.2. The van der Waals surface area contributed by atoms with Crippen LogP contribution in [0.15, 0.2) is 16.8 Å². The van der Waals surface area contributed by atoms with Gasteiger partial charge < -0.3 is 14.4 Å². The van der Waals surface area contributed by atoms with Gasteiger partial charge in [0.15, 0.2) is 5.69 Å². The molecule has 2 aromatic rings. The number of nitrogens with one attached hydrogen (secondary N) is 1. The molecule has 100 valence electrons. The molecule has 1 N–H and O–H groups in total. The third kappa shape index (κ3) is 2.25. The molecular formula is C13H16N4O2. The summed E-state index contributed by atoms with van der Waals surface area (Å²) < 4.78 is 4.94. The van der Waals surface area contributed by atoms with Crippen LogP contribution < -0.4 is 0 Å². The summed E-state index contributed by atoms with van der Waals surface area (Å²) in [6.07, 6.45) is 2.75. The van der Waals surface area contributed by atoms with Crippen LogP contribution in [0.5, 0.6) is 0 Å². The lowest BCUT2D eigenvalue weighted by Crippen LogP contribution is -2.28. The van der Waals surface area contributed by atoms with Crippen molar-refractivity contribution in [2.75, 3.05) is 13.1 Å². The molecule has 1 atom stereocenters. The van der Waals surface area contributed by atoms with Gasteiger partial charge in [-0.15, -0.1) is 0 Å². The summed E-state index contributed by atoms with van der Waals surface area (Å²) >= 11 is 0. The van der Waals surface area contributed by atoms with E-state index in [1.54, 1.807) is 17.9 Å². The number of aromatic nitrogens is 3. The summed E-state index contributed by atoms with van der Waals surface area (Å²) in [5.74, 6) is 1.83. The van der Waals surface area contributed by atoms with Crippen LogP contribution in [-0.4, -0.2) is 39.0 Å². The van der Waals surface area contributed by atoms with Gasteiger partial charge in [0.2, 0.25) is 0 Å². The van der Waals surface area contributed by atoms with E-state index in [1.807, 2.05) is 13.1 Å². The number of aryl methyl sites for hydroxylation is 2. The third-order valence-corrected chi connectivity index (χ3v) is 3.43. The van der Waals surface area contributed by atoms with Crippen molar-refractivity contribution >= 4 is 5.91 Å². The summed E-state index contributed by atoms with van der Waals surface area (Å²) in [6, 6.07) is 1.67. The molecule has 19 heavy (non-hydrogen) atoms. The molecule has 1 aliphatic rings. The number of hydrogen-bond donors (Lipinski definition) is 1. The van der Waals surface area contributed by atoms with Gasteiger partial charge in [0.25, 0.3) is 5.91 Å². The van der Waals surface area contributed by atoms with E-state index >= 15 is 0 Å². The molecule has 3 heterocycles. The Kier molecular flexibility index (Phi) is 2.85. The van der Waals surface area contributed by atoms with E-state index in [2.05, 4.69) is 15.1 Å². The van der Waals surface area contributed by atoms with Crippen LogP contribution in [-0.2, 0) is 0 Å². The van der Waals surface area contributed by atoms with Gasteiger partial charge >= 0.3 is 0 Å². The average molecular weight is 260 g/mol. The molecule has 6 heteroatoms. The monoisotopic (exact) mass is 260 g/mol. The normalized spacial score (nSPS) is 19.1. The number of carbonyl (C=O) groups is 1. The summed E-state index contributed by atoms with van der Waals surface area (Å²) in [5.41, 5.74) is 1.43. The highest BCUT2D eigenvalue weighted by Gasteiger charge is 2.30. The van der Waals surface area contributed by atoms with Gasteiger partial charge in [-0.2, -0.15) is 0 Å². The van der Waals surface area contributed by atoms with E-state index in [0.29, 0.717) is 18.0 Å². The second-order valence-electron chi connectivity index (χ2n) is 5.01. The van der Waals surface area contributed by atoms with Crippen LogP contribution in [0, 0.1) is 13.8 Å². The van der Waals surface area contributed by atoms with E-state index in [-0.39, 0.29) is 11.8 Å². The van der Waals surface area contributed by atoms with Crippen LogP contribution in [0.25, 0.3) is 0 Å². The van der Waals surface area contributed by atoms with Gasteiger partial charge in [0.05, 0.1) is 0 Å². The van der Waals surface area contributed by atoms with Crippen LogP contribution in [0.1, 0.15) is 40.1 Å². The number of carbonyl (C=O) groups excluding carboxylic acids is 1. The minimum Gasteiger partial charge on any atom is -0.361 e. The van der Waals surface area contributed by atoms with Crippen molar-refractivity contribution in [3.63, 3.8) is 0 Å². The first kappa shape index (κ1) is 12.0. The zero-order valence-corrected chi connectivity index (χ0v) is 11.0. The molecule has 6 nitrogen and oxygen atoms in total. The second kappa shape index (κ2) is 4.53. The Morgan fingerprint density at radius 2 is 2.37 bits per heavy atom. The van der Waals surface area contributed by atoms with Gasteiger partial charge in [-0.3, -0.25) is 4.79 Å². The first-order chi connectivity index (χ1) is 9.13. The smallest absolute Gasteiger partial charge is 0.276 e. The van der Waals surface area contributed by atoms with Crippen LogP contribution in [0.4, 0.5) is 0 Å². The highest BCUT2D eigenvalue weighted by Crippen LogP contribution is 2.26. The molecule has 2 aromatic heterocycles. The zero-order chi connectivity index (χ0) is 13.4. The fourth-order valence-electron chi connectivity index (χ4n) is 2.44. The van der Waals surface area contributed by atoms with Crippen molar-refractivity contribution in [3.8, 4) is 0 Å².